The van der Waals surface area contributed by atoms with Gasteiger partial charge in [0, 0.05) is 23.2 Å². The maximum absolute atomic E-state index is 11.9. The van der Waals surface area contributed by atoms with Gasteiger partial charge in [-0.3, -0.25) is 9.59 Å². The van der Waals surface area contributed by atoms with Crippen LogP contribution >= 0.6 is 0 Å². The number of rotatable bonds is 4. The lowest BCUT2D eigenvalue weighted by molar-refractivity contribution is -0.118. The van der Waals surface area contributed by atoms with Crippen LogP contribution in [0.1, 0.15) is 41.6 Å². The molecule has 1 aliphatic carbocycles. The number of hydrogen-bond acceptors (Lipinski definition) is 3. The molecule has 2 rings (SSSR count). The smallest absolute Gasteiger partial charge is 0.249 e. The SMILES string of the molecule is Cc1c(NC(=O)CC2(N)CCC2)cccc1C(N)=O. The van der Waals surface area contributed by atoms with Crippen molar-refractivity contribution in [1.29, 1.82) is 0 Å². The van der Waals surface area contributed by atoms with E-state index in [0.29, 0.717) is 23.2 Å². The summed E-state index contributed by atoms with van der Waals surface area (Å²) in [5, 5.41) is 2.80. The van der Waals surface area contributed by atoms with Gasteiger partial charge in [-0.2, -0.15) is 0 Å². The molecule has 2 amide bonds. The van der Waals surface area contributed by atoms with Gasteiger partial charge in [-0.15, -0.1) is 0 Å². The molecule has 0 unspecified atom stereocenters. The Morgan fingerprint density at radius 3 is 2.58 bits per heavy atom. The first-order valence-electron chi connectivity index (χ1n) is 6.39. The predicted octanol–water partition coefficient (Wildman–Crippen LogP) is 1.30. The van der Waals surface area contributed by atoms with Crippen LogP contribution in [0.2, 0.25) is 0 Å². The minimum absolute atomic E-state index is 0.119. The van der Waals surface area contributed by atoms with Gasteiger partial charge in [0.25, 0.3) is 0 Å². The van der Waals surface area contributed by atoms with Gasteiger partial charge in [-0.1, -0.05) is 6.07 Å². The maximum atomic E-state index is 11.9. The van der Waals surface area contributed by atoms with Gasteiger partial charge in [0.05, 0.1) is 0 Å². The van der Waals surface area contributed by atoms with Crippen LogP contribution in [0.5, 0.6) is 0 Å². The second-order valence-corrected chi connectivity index (χ2v) is 5.28. The van der Waals surface area contributed by atoms with Gasteiger partial charge in [-0.05, 0) is 43.9 Å². The number of benzene rings is 1. The summed E-state index contributed by atoms with van der Waals surface area (Å²) in [6.07, 6.45) is 3.18. The highest BCUT2D eigenvalue weighted by atomic mass is 16.2. The fraction of sp³-hybridized carbons (Fsp3) is 0.429. The second kappa shape index (κ2) is 5.01. The number of carbonyl (C=O) groups excluding carboxylic acids is 2. The Labute approximate surface area is 112 Å². The maximum Gasteiger partial charge on any atom is 0.249 e. The molecule has 0 bridgehead atoms. The molecule has 0 spiro atoms. The Morgan fingerprint density at radius 2 is 2.05 bits per heavy atom. The Morgan fingerprint density at radius 1 is 1.37 bits per heavy atom. The fourth-order valence-electron chi connectivity index (χ4n) is 2.36. The van der Waals surface area contributed by atoms with Crippen molar-refractivity contribution < 1.29 is 9.59 Å². The van der Waals surface area contributed by atoms with Crippen molar-refractivity contribution >= 4 is 17.5 Å². The number of carbonyl (C=O) groups is 2. The van der Waals surface area contributed by atoms with Crippen molar-refractivity contribution in [3.8, 4) is 0 Å². The monoisotopic (exact) mass is 261 g/mol. The molecule has 0 radical (unpaired) electrons. The molecule has 0 heterocycles. The van der Waals surface area contributed by atoms with Crippen LogP contribution in [-0.2, 0) is 4.79 Å². The van der Waals surface area contributed by atoms with Gasteiger partial charge in [-0.25, -0.2) is 0 Å². The minimum atomic E-state index is -0.497. The molecule has 0 saturated heterocycles. The number of anilines is 1. The predicted molar refractivity (Wildman–Crippen MR) is 73.7 cm³/mol. The lowest BCUT2D eigenvalue weighted by Crippen LogP contribution is -2.48. The van der Waals surface area contributed by atoms with E-state index in [2.05, 4.69) is 5.32 Å². The van der Waals surface area contributed by atoms with Crippen LogP contribution < -0.4 is 16.8 Å². The number of hydrogen-bond donors (Lipinski definition) is 3. The van der Waals surface area contributed by atoms with Gasteiger partial charge in [0.2, 0.25) is 11.8 Å². The van der Waals surface area contributed by atoms with E-state index >= 15 is 0 Å². The molecule has 102 valence electrons. The quantitative estimate of drug-likeness (QED) is 0.762. The van der Waals surface area contributed by atoms with E-state index in [-0.39, 0.29) is 11.4 Å². The van der Waals surface area contributed by atoms with Gasteiger partial charge in [0.1, 0.15) is 0 Å². The van der Waals surface area contributed by atoms with E-state index in [1.807, 2.05) is 0 Å². The molecular formula is C14H19N3O2. The Bertz CT molecular complexity index is 521. The third-order valence-corrected chi connectivity index (χ3v) is 3.74. The third-order valence-electron chi connectivity index (χ3n) is 3.74. The fourth-order valence-corrected chi connectivity index (χ4v) is 2.36. The molecular weight excluding hydrogens is 242 g/mol. The molecule has 1 aromatic rings. The largest absolute Gasteiger partial charge is 0.366 e. The second-order valence-electron chi connectivity index (χ2n) is 5.28. The van der Waals surface area contributed by atoms with Crippen molar-refractivity contribution in [3.05, 3.63) is 29.3 Å². The number of nitrogens with two attached hydrogens (primary N) is 2. The number of amides is 2. The van der Waals surface area contributed by atoms with Crippen LogP contribution in [0.4, 0.5) is 5.69 Å². The highest BCUT2D eigenvalue weighted by molar-refractivity contribution is 5.98. The van der Waals surface area contributed by atoms with Crippen molar-refractivity contribution in [2.75, 3.05) is 5.32 Å². The van der Waals surface area contributed by atoms with Crippen LogP contribution in [-0.4, -0.2) is 17.4 Å². The molecule has 1 saturated carbocycles. The molecule has 0 aliphatic heterocycles. The first kappa shape index (κ1) is 13.5. The third kappa shape index (κ3) is 2.93. The number of nitrogens with one attached hydrogen (secondary N) is 1. The normalized spacial score (nSPS) is 16.5. The van der Waals surface area contributed by atoms with Gasteiger partial charge in [0.15, 0.2) is 0 Å². The zero-order valence-corrected chi connectivity index (χ0v) is 11.0. The van der Waals surface area contributed by atoms with Gasteiger partial charge < -0.3 is 16.8 Å². The lowest BCUT2D eigenvalue weighted by Gasteiger charge is -2.37. The van der Waals surface area contributed by atoms with Gasteiger partial charge >= 0.3 is 0 Å². The summed E-state index contributed by atoms with van der Waals surface area (Å²) in [4.78, 5) is 23.2. The van der Waals surface area contributed by atoms with E-state index in [1.54, 1.807) is 25.1 Å². The van der Waals surface area contributed by atoms with E-state index in [0.717, 1.165) is 19.3 Å². The van der Waals surface area contributed by atoms with E-state index in [1.165, 1.54) is 0 Å². The van der Waals surface area contributed by atoms with Crippen molar-refractivity contribution in [2.45, 2.75) is 38.1 Å². The Hall–Kier alpha value is -1.88. The van der Waals surface area contributed by atoms with Crippen molar-refractivity contribution in [2.24, 2.45) is 11.5 Å². The van der Waals surface area contributed by atoms with Crippen molar-refractivity contribution in [3.63, 3.8) is 0 Å². The van der Waals surface area contributed by atoms with E-state index in [9.17, 15) is 9.59 Å². The molecule has 0 atom stereocenters. The van der Waals surface area contributed by atoms with Crippen LogP contribution in [0, 0.1) is 6.92 Å². The standard InChI is InChI=1S/C14H19N3O2/c1-9-10(13(15)19)4-2-5-11(9)17-12(18)8-14(16)6-3-7-14/h2,4-5H,3,6-8,16H2,1H3,(H2,15,19)(H,17,18). The van der Waals surface area contributed by atoms with Crippen LogP contribution in [0.15, 0.2) is 18.2 Å². The minimum Gasteiger partial charge on any atom is -0.366 e. The average Bonchev–Trinajstić information content (AvgIpc) is 2.29. The van der Waals surface area contributed by atoms with Crippen molar-refractivity contribution in [1.82, 2.24) is 0 Å². The summed E-state index contributed by atoms with van der Waals surface area (Å²) in [6.45, 7) is 1.76. The summed E-state index contributed by atoms with van der Waals surface area (Å²) < 4.78 is 0. The summed E-state index contributed by atoms with van der Waals surface area (Å²) >= 11 is 0. The molecule has 1 fully saturated rings. The summed E-state index contributed by atoms with van der Waals surface area (Å²) in [5.41, 5.74) is 12.7. The average molecular weight is 261 g/mol. The molecule has 1 aliphatic rings. The molecule has 5 N–H and O–H groups in total. The summed E-state index contributed by atoms with van der Waals surface area (Å²) in [6, 6.07) is 5.09. The van der Waals surface area contributed by atoms with E-state index in [4.69, 9.17) is 11.5 Å². The highest BCUT2D eigenvalue weighted by Crippen LogP contribution is 2.32. The molecule has 0 aromatic heterocycles. The zero-order chi connectivity index (χ0) is 14.0. The molecule has 5 heteroatoms. The Kier molecular flexibility index (Phi) is 3.57. The lowest BCUT2D eigenvalue weighted by atomic mass is 9.75. The molecule has 5 nitrogen and oxygen atoms in total. The first-order valence-corrected chi connectivity index (χ1v) is 6.39. The topological polar surface area (TPSA) is 98.2 Å². The molecule has 19 heavy (non-hydrogen) atoms. The van der Waals surface area contributed by atoms with E-state index < -0.39 is 5.91 Å². The Balaban J connectivity index is 2.08. The first-order chi connectivity index (χ1) is 8.91. The van der Waals surface area contributed by atoms with Crippen LogP contribution in [0.25, 0.3) is 0 Å². The van der Waals surface area contributed by atoms with Crippen LogP contribution in [0.3, 0.4) is 0 Å². The summed E-state index contributed by atoms with van der Waals surface area (Å²) in [7, 11) is 0. The highest BCUT2D eigenvalue weighted by Gasteiger charge is 2.34. The summed E-state index contributed by atoms with van der Waals surface area (Å²) in [5.74, 6) is -0.616. The zero-order valence-electron chi connectivity index (χ0n) is 11.0. The number of primary amides is 1. The molecule has 1 aromatic carbocycles.